The molecule has 0 aliphatic heterocycles. The summed E-state index contributed by atoms with van der Waals surface area (Å²) in [5, 5.41) is 2.29. The largest absolute Gasteiger partial charge is 0.460 e. The Bertz CT molecular complexity index is 213. The van der Waals surface area contributed by atoms with Gasteiger partial charge < -0.3 is 15.8 Å². The summed E-state index contributed by atoms with van der Waals surface area (Å²) >= 11 is 0. The van der Waals surface area contributed by atoms with Crippen LogP contribution in [0.3, 0.4) is 0 Å². The SMILES string of the molecule is C=C(C)COC(=O)CNC(=O)CN. The van der Waals surface area contributed by atoms with Gasteiger partial charge in [0.05, 0.1) is 6.54 Å². The average Bonchev–Trinajstić information content (AvgIpc) is 2.10. The van der Waals surface area contributed by atoms with Crippen molar-refractivity contribution in [1.82, 2.24) is 5.32 Å². The number of hydrogen-bond acceptors (Lipinski definition) is 4. The molecule has 0 spiro atoms. The van der Waals surface area contributed by atoms with Crippen molar-refractivity contribution in [3.8, 4) is 0 Å². The molecule has 74 valence electrons. The molecule has 5 nitrogen and oxygen atoms in total. The summed E-state index contributed by atoms with van der Waals surface area (Å²) in [6.45, 7) is 5.19. The molecular formula is C8H14N2O3. The molecule has 0 saturated heterocycles. The maximum absolute atomic E-state index is 10.8. The second-order valence-corrected chi connectivity index (χ2v) is 2.60. The van der Waals surface area contributed by atoms with E-state index in [-0.39, 0.29) is 25.6 Å². The summed E-state index contributed by atoms with van der Waals surface area (Å²) in [6, 6.07) is 0. The highest BCUT2D eigenvalue weighted by Gasteiger charge is 2.04. The Balaban J connectivity index is 3.52. The molecule has 0 aromatic carbocycles. The van der Waals surface area contributed by atoms with Gasteiger partial charge in [0.2, 0.25) is 5.91 Å². The van der Waals surface area contributed by atoms with E-state index >= 15 is 0 Å². The molecule has 0 aliphatic carbocycles. The van der Waals surface area contributed by atoms with Crippen molar-refractivity contribution >= 4 is 11.9 Å². The van der Waals surface area contributed by atoms with Gasteiger partial charge in [0, 0.05) is 0 Å². The lowest BCUT2D eigenvalue weighted by Gasteiger charge is -2.04. The summed E-state index contributed by atoms with van der Waals surface area (Å²) in [6.07, 6.45) is 0. The van der Waals surface area contributed by atoms with E-state index in [0.29, 0.717) is 0 Å². The number of rotatable bonds is 5. The van der Waals surface area contributed by atoms with Crippen molar-refractivity contribution < 1.29 is 14.3 Å². The van der Waals surface area contributed by atoms with Gasteiger partial charge in [-0.2, -0.15) is 0 Å². The van der Waals surface area contributed by atoms with E-state index in [4.69, 9.17) is 10.5 Å². The van der Waals surface area contributed by atoms with Crippen LogP contribution >= 0.6 is 0 Å². The summed E-state index contributed by atoms with van der Waals surface area (Å²) in [4.78, 5) is 21.4. The predicted molar refractivity (Wildman–Crippen MR) is 47.8 cm³/mol. The molecule has 5 heteroatoms. The molecule has 0 heterocycles. The third-order valence-electron chi connectivity index (χ3n) is 1.09. The zero-order valence-electron chi connectivity index (χ0n) is 7.63. The Morgan fingerprint density at radius 1 is 1.54 bits per heavy atom. The predicted octanol–water partition coefficient (Wildman–Crippen LogP) is -0.819. The maximum atomic E-state index is 10.8. The van der Waals surface area contributed by atoms with E-state index in [1.165, 1.54) is 0 Å². The lowest BCUT2D eigenvalue weighted by molar-refractivity contribution is -0.142. The van der Waals surface area contributed by atoms with Gasteiger partial charge in [-0.15, -0.1) is 0 Å². The zero-order valence-corrected chi connectivity index (χ0v) is 7.63. The first-order valence-corrected chi connectivity index (χ1v) is 3.83. The van der Waals surface area contributed by atoms with Gasteiger partial charge in [-0.1, -0.05) is 6.58 Å². The Hall–Kier alpha value is -1.36. The number of amides is 1. The van der Waals surface area contributed by atoms with Crippen LogP contribution in [0.25, 0.3) is 0 Å². The first-order valence-electron chi connectivity index (χ1n) is 3.83. The molecule has 0 fully saturated rings. The Labute approximate surface area is 76.9 Å². The van der Waals surface area contributed by atoms with Crippen LogP contribution < -0.4 is 11.1 Å². The fourth-order valence-electron chi connectivity index (χ4n) is 0.498. The summed E-state index contributed by atoms with van der Waals surface area (Å²) < 4.78 is 4.70. The highest BCUT2D eigenvalue weighted by atomic mass is 16.5. The summed E-state index contributed by atoms with van der Waals surface area (Å²) in [5.41, 5.74) is 5.75. The van der Waals surface area contributed by atoms with Gasteiger partial charge >= 0.3 is 5.97 Å². The van der Waals surface area contributed by atoms with Gasteiger partial charge in [-0.05, 0) is 12.5 Å². The monoisotopic (exact) mass is 186 g/mol. The molecule has 0 aliphatic rings. The van der Waals surface area contributed by atoms with Gasteiger partial charge in [0.1, 0.15) is 13.2 Å². The minimum atomic E-state index is -0.496. The first kappa shape index (κ1) is 11.6. The average molecular weight is 186 g/mol. The van der Waals surface area contributed by atoms with Crippen LogP contribution in [0.4, 0.5) is 0 Å². The van der Waals surface area contributed by atoms with E-state index in [1.54, 1.807) is 6.92 Å². The van der Waals surface area contributed by atoms with Crippen molar-refractivity contribution in [3.05, 3.63) is 12.2 Å². The molecule has 0 bridgehead atoms. The van der Waals surface area contributed by atoms with Crippen LogP contribution in [-0.4, -0.2) is 31.6 Å². The molecular weight excluding hydrogens is 172 g/mol. The van der Waals surface area contributed by atoms with Crippen LogP contribution in [0.15, 0.2) is 12.2 Å². The minimum Gasteiger partial charge on any atom is -0.460 e. The topological polar surface area (TPSA) is 81.4 Å². The molecule has 0 atom stereocenters. The number of ether oxygens (including phenoxy) is 1. The molecule has 1 amide bonds. The third kappa shape index (κ3) is 7.02. The normalized spacial score (nSPS) is 9.08. The molecule has 3 N–H and O–H groups in total. The van der Waals surface area contributed by atoms with E-state index in [1.807, 2.05) is 0 Å². The van der Waals surface area contributed by atoms with Crippen molar-refractivity contribution in [2.24, 2.45) is 5.73 Å². The molecule has 0 unspecified atom stereocenters. The molecule has 0 aromatic rings. The smallest absolute Gasteiger partial charge is 0.325 e. The quantitative estimate of drug-likeness (QED) is 0.434. The zero-order chi connectivity index (χ0) is 10.3. The lowest BCUT2D eigenvalue weighted by Crippen LogP contribution is -2.35. The van der Waals surface area contributed by atoms with Crippen LogP contribution in [0, 0.1) is 0 Å². The Morgan fingerprint density at radius 2 is 2.15 bits per heavy atom. The Kier molecular flexibility index (Phi) is 5.54. The number of carbonyl (C=O) groups excluding carboxylic acids is 2. The highest BCUT2D eigenvalue weighted by Crippen LogP contribution is 1.87. The lowest BCUT2D eigenvalue weighted by atomic mass is 10.4. The Morgan fingerprint density at radius 3 is 2.62 bits per heavy atom. The number of esters is 1. The van der Waals surface area contributed by atoms with Crippen molar-refractivity contribution in [3.63, 3.8) is 0 Å². The van der Waals surface area contributed by atoms with Crippen LogP contribution in [-0.2, 0) is 14.3 Å². The van der Waals surface area contributed by atoms with Gasteiger partial charge in [-0.25, -0.2) is 0 Å². The van der Waals surface area contributed by atoms with E-state index in [0.717, 1.165) is 5.57 Å². The highest BCUT2D eigenvalue weighted by molar-refractivity contribution is 5.82. The number of carbonyl (C=O) groups is 2. The fourth-order valence-corrected chi connectivity index (χ4v) is 0.498. The van der Waals surface area contributed by atoms with Crippen molar-refractivity contribution in [2.45, 2.75) is 6.92 Å². The molecule has 13 heavy (non-hydrogen) atoms. The second-order valence-electron chi connectivity index (χ2n) is 2.60. The first-order chi connectivity index (χ1) is 6.06. The number of nitrogens with one attached hydrogen (secondary N) is 1. The van der Waals surface area contributed by atoms with Crippen LogP contribution in [0.5, 0.6) is 0 Å². The van der Waals surface area contributed by atoms with Gasteiger partial charge in [0.15, 0.2) is 0 Å². The molecule has 0 radical (unpaired) electrons. The number of nitrogens with two attached hydrogens (primary N) is 1. The van der Waals surface area contributed by atoms with Crippen molar-refractivity contribution in [1.29, 1.82) is 0 Å². The minimum absolute atomic E-state index is 0.131. The fraction of sp³-hybridized carbons (Fsp3) is 0.500. The second kappa shape index (κ2) is 6.19. The molecule has 0 aromatic heterocycles. The molecule has 0 rings (SSSR count). The van der Waals surface area contributed by atoms with Gasteiger partial charge in [0.25, 0.3) is 0 Å². The summed E-state index contributed by atoms with van der Waals surface area (Å²) in [5.74, 6) is -0.878. The van der Waals surface area contributed by atoms with Crippen LogP contribution in [0.1, 0.15) is 6.92 Å². The van der Waals surface area contributed by atoms with E-state index in [2.05, 4.69) is 11.9 Å². The van der Waals surface area contributed by atoms with E-state index < -0.39 is 5.97 Å². The molecule has 0 saturated carbocycles. The van der Waals surface area contributed by atoms with Crippen molar-refractivity contribution in [2.75, 3.05) is 19.7 Å². The van der Waals surface area contributed by atoms with Crippen LogP contribution in [0.2, 0.25) is 0 Å². The van der Waals surface area contributed by atoms with Gasteiger partial charge in [-0.3, -0.25) is 9.59 Å². The van der Waals surface area contributed by atoms with E-state index in [9.17, 15) is 9.59 Å². The maximum Gasteiger partial charge on any atom is 0.325 e. The third-order valence-corrected chi connectivity index (χ3v) is 1.09. The number of hydrogen-bond donors (Lipinski definition) is 2. The summed E-state index contributed by atoms with van der Waals surface area (Å²) in [7, 11) is 0. The standard InChI is InChI=1S/C8H14N2O3/c1-6(2)5-13-8(12)4-10-7(11)3-9/h1,3-5,9H2,2H3,(H,10,11).